The number of hydrogen-bond acceptors (Lipinski definition) is 11. The van der Waals surface area contributed by atoms with Crippen LogP contribution in [0.5, 0.6) is 17.2 Å². The molecule has 178 valence electrons. The van der Waals surface area contributed by atoms with Crippen molar-refractivity contribution in [3.05, 3.63) is 47.5 Å². The highest BCUT2D eigenvalue weighted by atomic mass is 16.7. The van der Waals surface area contributed by atoms with Crippen LogP contribution in [0.1, 0.15) is 20.7 Å². The summed E-state index contributed by atoms with van der Waals surface area (Å²) in [6.45, 7) is -0.676. The van der Waals surface area contributed by atoms with Crippen LogP contribution in [0.3, 0.4) is 0 Å². The van der Waals surface area contributed by atoms with Gasteiger partial charge in [-0.15, -0.1) is 0 Å². The first kappa shape index (κ1) is 24.2. The number of ether oxygens (including phenoxy) is 3. The first-order chi connectivity index (χ1) is 15.7. The second-order valence-electron chi connectivity index (χ2n) is 7.17. The highest BCUT2D eigenvalue weighted by molar-refractivity contribution is 6.09. The zero-order valence-electron chi connectivity index (χ0n) is 17.3. The molecule has 0 aromatic heterocycles. The molecule has 12 nitrogen and oxygen atoms in total. The maximum absolute atomic E-state index is 12.9. The predicted molar refractivity (Wildman–Crippen MR) is 110 cm³/mol. The summed E-state index contributed by atoms with van der Waals surface area (Å²) in [6, 6.07) is 7.03. The molecule has 2 aromatic rings. The number of phenols is 2. The molecule has 33 heavy (non-hydrogen) atoms. The number of hydrogen-bond donors (Lipinski definition) is 7. The lowest BCUT2D eigenvalue weighted by Crippen LogP contribution is -2.60. The van der Waals surface area contributed by atoms with Crippen molar-refractivity contribution in [2.75, 3.05) is 19.0 Å². The van der Waals surface area contributed by atoms with E-state index >= 15 is 0 Å². The number of rotatable bonds is 6. The van der Waals surface area contributed by atoms with E-state index in [1.807, 2.05) is 0 Å². The fourth-order valence-corrected chi connectivity index (χ4v) is 3.20. The van der Waals surface area contributed by atoms with E-state index in [0.29, 0.717) is 0 Å². The number of carbonyl (C=O) groups excluding carboxylic acids is 2. The molecule has 0 unspecified atom stereocenters. The summed E-state index contributed by atoms with van der Waals surface area (Å²) in [7, 11) is 1.12. The van der Waals surface area contributed by atoms with Gasteiger partial charge in [-0.1, -0.05) is 0 Å². The molecule has 12 heteroatoms. The third-order valence-corrected chi connectivity index (χ3v) is 4.96. The van der Waals surface area contributed by atoms with E-state index in [1.165, 1.54) is 24.3 Å². The number of amides is 1. The van der Waals surface area contributed by atoms with Gasteiger partial charge < -0.3 is 50.2 Å². The van der Waals surface area contributed by atoms with Crippen LogP contribution in [0.2, 0.25) is 0 Å². The molecule has 1 heterocycles. The third kappa shape index (κ3) is 5.16. The van der Waals surface area contributed by atoms with Gasteiger partial charge in [-0.25, -0.2) is 4.79 Å². The van der Waals surface area contributed by atoms with Gasteiger partial charge in [0.2, 0.25) is 6.29 Å². The Kier molecular flexibility index (Phi) is 7.36. The van der Waals surface area contributed by atoms with E-state index in [4.69, 9.17) is 9.47 Å². The number of phenolic OH excluding ortho intramolecular Hbond substituents is 2. The number of methoxy groups -OCH3 is 1. The topological polar surface area (TPSA) is 195 Å². The van der Waals surface area contributed by atoms with Crippen LogP contribution in [-0.4, -0.2) is 86.9 Å². The minimum atomic E-state index is -1.73. The summed E-state index contributed by atoms with van der Waals surface area (Å²) < 4.78 is 15.4. The highest BCUT2D eigenvalue weighted by Crippen LogP contribution is 2.30. The first-order valence-corrected chi connectivity index (χ1v) is 9.69. The Hall–Kier alpha value is -3.42. The summed E-state index contributed by atoms with van der Waals surface area (Å²) in [4.78, 5) is 24.9. The Morgan fingerprint density at radius 1 is 0.970 bits per heavy atom. The molecule has 1 amide bonds. The molecule has 1 saturated heterocycles. The fraction of sp³-hybridized carbons (Fsp3) is 0.333. The van der Waals surface area contributed by atoms with E-state index in [1.54, 1.807) is 0 Å². The van der Waals surface area contributed by atoms with Crippen molar-refractivity contribution in [1.29, 1.82) is 0 Å². The van der Waals surface area contributed by atoms with Gasteiger partial charge in [-0.3, -0.25) is 4.79 Å². The molecular weight excluding hydrogens is 442 g/mol. The quantitative estimate of drug-likeness (QED) is 0.211. The van der Waals surface area contributed by atoms with Crippen molar-refractivity contribution in [1.82, 2.24) is 0 Å². The lowest BCUT2D eigenvalue weighted by atomic mass is 9.99. The van der Waals surface area contributed by atoms with Crippen molar-refractivity contribution in [2.24, 2.45) is 0 Å². The van der Waals surface area contributed by atoms with Crippen molar-refractivity contribution >= 4 is 17.6 Å². The van der Waals surface area contributed by atoms with Crippen LogP contribution in [-0.2, 0) is 9.47 Å². The zero-order valence-corrected chi connectivity index (χ0v) is 17.3. The Morgan fingerprint density at radius 3 is 2.24 bits per heavy atom. The number of nitrogens with one attached hydrogen (secondary N) is 1. The van der Waals surface area contributed by atoms with Gasteiger partial charge in [0.25, 0.3) is 5.91 Å². The van der Waals surface area contributed by atoms with E-state index in [2.05, 4.69) is 10.1 Å². The zero-order chi connectivity index (χ0) is 24.3. The summed E-state index contributed by atoms with van der Waals surface area (Å²) in [5.74, 6) is -2.40. The molecule has 0 aliphatic carbocycles. The monoisotopic (exact) mass is 465 g/mol. The predicted octanol–water partition coefficient (Wildman–Crippen LogP) is -0.685. The van der Waals surface area contributed by atoms with Crippen molar-refractivity contribution in [2.45, 2.75) is 30.7 Å². The van der Waals surface area contributed by atoms with Crippen molar-refractivity contribution in [3.8, 4) is 17.2 Å². The van der Waals surface area contributed by atoms with Crippen molar-refractivity contribution < 1.29 is 54.4 Å². The molecule has 3 rings (SSSR count). The lowest BCUT2D eigenvalue weighted by Gasteiger charge is -2.39. The molecule has 1 aliphatic rings. The number of aromatic hydroxyl groups is 2. The van der Waals surface area contributed by atoms with Gasteiger partial charge in [0.15, 0.2) is 0 Å². The molecule has 2 aromatic carbocycles. The van der Waals surface area contributed by atoms with Crippen LogP contribution < -0.4 is 10.1 Å². The molecule has 7 N–H and O–H groups in total. The Balaban J connectivity index is 1.89. The smallest absolute Gasteiger partial charge is 0.340 e. The summed E-state index contributed by atoms with van der Waals surface area (Å²) >= 11 is 0. The fourth-order valence-electron chi connectivity index (χ4n) is 3.20. The van der Waals surface area contributed by atoms with Gasteiger partial charge in [-0.05, 0) is 36.4 Å². The minimum absolute atomic E-state index is 0.00761. The van der Waals surface area contributed by atoms with E-state index < -0.39 is 49.2 Å². The van der Waals surface area contributed by atoms with E-state index in [-0.39, 0.29) is 34.1 Å². The maximum Gasteiger partial charge on any atom is 0.340 e. The summed E-state index contributed by atoms with van der Waals surface area (Å²) in [5, 5.41) is 61.3. The van der Waals surface area contributed by atoms with Gasteiger partial charge in [-0.2, -0.15) is 0 Å². The van der Waals surface area contributed by atoms with Gasteiger partial charge >= 0.3 is 5.97 Å². The Bertz CT molecular complexity index is 1030. The number of aliphatic hydroxyl groups excluding tert-OH is 4. The number of benzene rings is 2. The number of aliphatic hydroxyl groups is 4. The molecule has 0 saturated carbocycles. The van der Waals surface area contributed by atoms with Gasteiger partial charge in [0.05, 0.1) is 30.5 Å². The molecule has 1 fully saturated rings. The van der Waals surface area contributed by atoms with Gasteiger partial charge in [0, 0.05) is 0 Å². The molecule has 0 radical (unpaired) electrons. The maximum atomic E-state index is 12.9. The Labute approximate surface area is 187 Å². The molecule has 1 aliphatic heterocycles. The number of anilines is 1. The van der Waals surface area contributed by atoms with E-state index in [0.717, 1.165) is 19.2 Å². The van der Waals surface area contributed by atoms with Crippen LogP contribution in [0.15, 0.2) is 36.4 Å². The molecular formula is C21H23NO11. The normalized spacial score (nSPS) is 24.7. The second-order valence-corrected chi connectivity index (χ2v) is 7.17. The first-order valence-electron chi connectivity index (χ1n) is 9.69. The van der Waals surface area contributed by atoms with Crippen LogP contribution in [0.25, 0.3) is 0 Å². The van der Waals surface area contributed by atoms with E-state index in [9.17, 15) is 40.2 Å². The Morgan fingerprint density at radius 2 is 1.61 bits per heavy atom. The van der Waals surface area contributed by atoms with Crippen LogP contribution >= 0.6 is 0 Å². The molecule has 5 atom stereocenters. The number of carbonyl (C=O) groups is 2. The average Bonchev–Trinajstić information content (AvgIpc) is 2.80. The standard InChI is InChI=1S/C21H23NO11/c1-31-20(30)11-6-9(24)2-4-13(11)22-19(29)12-7-10(25)3-5-14(12)32-21-18(28)17(27)16(26)15(8-23)33-21/h2-7,15-18,21,23-28H,8H2,1H3,(H,22,29)/t15-,16-,17+,18-,21-/m0/s1. The van der Waals surface area contributed by atoms with Crippen molar-refractivity contribution in [3.63, 3.8) is 0 Å². The highest BCUT2D eigenvalue weighted by Gasteiger charge is 2.45. The summed E-state index contributed by atoms with van der Waals surface area (Å²) in [6.07, 6.45) is -7.83. The van der Waals surface area contributed by atoms with Crippen LogP contribution in [0.4, 0.5) is 5.69 Å². The molecule has 0 spiro atoms. The summed E-state index contributed by atoms with van der Waals surface area (Å²) in [5.41, 5.74) is -0.384. The lowest BCUT2D eigenvalue weighted by molar-refractivity contribution is -0.277. The SMILES string of the molecule is COC(=O)c1cc(O)ccc1NC(=O)c1cc(O)ccc1O[C@H]1O[C@@H](CO)[C@H](O)[C@@H](O)[C@@H]1O. The second kappa shape index (κ2) is 10.0. The van der Waals surface area contributed by atoms with Crippen LogP contribution in [0, 0.1) is 0 Å². The average molecular weight is 465 g/mol. The largest absolute Gasteiger partial charge is 0.508 e. The molecule has 0 bridgehead atoms. The minimum Gasteiger partial charge on any atom is -0.508 e. The van der Waals surface area contributed by atoms with Gasteiger partial charge in [0.1, 0.15) is 41.7 Å². The number of esters is 1. The third-order valence-electron chi connectivity index (χ3n) is 4.96.